The maximum absolute atomic E-state index is 11.2. The van der Waals surface area contributed by atoms with Gasteiger partial charge in [-0.3, -0.25) is 4.79 Å². The maximum atomic E-state index is 11.2. The fourth-order valence-corrected chi connectivity index (χ4v) is 2.40. The molecule has 0 fully saturated rings. The van der Waals surface area contributed by atoms with Crippen LogP contribution in [0.15, 0.2) is 29.6 Å². The number of fused-ring (bicyclic) bond motifs is 1. The van der Waals surface area contributed by atoms with Crippen LogP contribution in [0.4, 0.5) is 5.69 Å². The van der Waals surface area contributed by atoms with Gasteiger partial charge in [0.25, 0.3) is 0 Å². The van der Waals surface area contributed by atoms with E-state index >= 15 is 0 Å². The lowest BCUT2D eigenvalue weighted by atomic mass is 10.1. The third kappa shape index (κ3) is 2.77. The van der Waals surface area contributed by atoms with Gasteiger partial charge >= 0.3 is 5.97 Å². The number of hydrogen-bond donors (Lipinski definition) is 1. The minimum absolute atomic E-state index is 0.141. The van der Waals surface area contributed by atoms with Crippen LogP contribution in [0.3, 0.4) is 0 Å². The average molecular weight is 249 g/mol. The molecule has 1 unspecified atom stereocenters. The topological polar surface area (TPSA) is 38.3 Å². The van der Waals surface area contributed by atoms with E-state index in [0.717, 1.165) is 5.69 Å². The number of anilines is 1. The predicted molar refractivity (Wildman–Crippen MR) is 71.5 cm³/mol. The van der Waals surface area contributed by atoms with Crippen LogP contribution in [0, 0.1) is 5.92 Å². The molecule has 0 saturated heterocycles. The smallest absolute Gasteiger partial charge is 0.310 e. The average Bonchev–Trinajstić information content (AvgIpc) is 2.82. The van der Waals surface area contributed by atoms with Gasteiger partial charge in [0.05, 0.1) is 13.0 Å². The largest absolute Gasteiger partial charge is 0.469 e. The number of hydrogen-bond acceptors (Lipinski definition) is 4. The van der Waals surface area contributed by atoms with E-state index in [1.807, 2.05) is 13.0 Å². The van der Waals surface area contributed by atoms with E-state index < -0.39 is 0 Å². The number of carbonyl (C=O) groups is 1. The molecule has 0 saturated carbocycles. The van der Waals surface area contributed by atoms with Gasteiger partial charge in [0.15, 0.2) is 0 Å². The van der Waals surface area contributed by atoms with Crippen LogP contribution in [-0.4, -0.2) is 19.6 Å². The summed E-state index contributed by atoms with van der Waals surface area (Å²) in [7, 11) is 1.41. The van der Waals surface area contributed by atoms with Gasteiger partial charge in [-0.15, -0.1) is 11.3 Å². The van der Waals surface area contributed by atoms with E-state index in [-0.39, 0.29) is 11.9 Å². The number of rotatable bonds is 4. The lowest BCUT2D eigenvalue weighted by Crippen LogP contribution is -2.21. The van der Waals surface area contributed by atoms with E-state index in [0.29, 0.717) is 6.54 Å². The number of nitrogens with one attached hydrogen (secondary N) is 1. The second-order valence-corrected chi connectivity index (χ2v) is 4.93. The van der Waals surface area contributed by atoms with Crippen molar-refractivity contribution in [3.63, 3.8) is 0 Å². The van der Waals surface area contributed by atoms with Gasteiger partial charge in [0, 0.05) is 16.9 Å². The Morgan fingerprint density at radius 1 is 1.47 bits per heavy atom. The van der Waals surface area contributed by atoms with Gasteiger partial charge in [-0.05, 0) is 35.0 Å². The first-order chi connectivity index (χ1) is 8.20. The highest BCUT2D eigenvalue weighted by Crippen LogP contribution is 2.24. The maximum Gasteiger partial charge on any atom is 0.310 e. The third-order valence-electron chi connectivity index (χ3n) is 2.67. The lowest BCUT2D eigenvalue weighted by molar-refractivity contribution is -0.144. The third-order valence-corrected chi connectivity index (χ3v) is 3.57. The standard InChI is InChI=1S/C13H15NO2S/c1-9(13(15)16-2)8-14-11-3-4-12-10(7-11)5-6-17-12/h3-7,9,14H,8H2,1-2H3. The summed E-state index contributed by atoms with van der Waals surface area (Å²) in [4.78, 5) is 11.2. The zero-order valence-electron chi connectivity index (χ0n) is 9.90. The Kier molecular flexibility index (Phi) is 3.64. The van der Waals surface area contributed by atoms with Crippen molar-refractivity contribution < 1.29 is 9.53 Å². The molecule has 2 rings (SSSR count). The summed E-state index contributed by atoms with van der Waals surface area (Å²) in [5.74, 6) is -0.327. The molecule has 2 aromatic rings. The second kappa shape index (κ2) is 5.19. The lowest BCUT2D eigenvalue weighted by Gasteiger charge is -2.11. The Hall–Kier alpha value is -1.55. The quantitative estimate of drug-likeness (QED) is 0.846. The molecule has 0 spiro atoms. The first-order valence-electron chi connectivity index (χ1n) is 5.49. The molecule has 17 heavy (non-hydrogen) atoms. The number of ether oxygens (including phenoxy) is 1. The van der Waals surface area contributed by atoms with Crippen molar-refractivity contribution in [2.24, 2.45) is 5.92 Å². The van der Waals surface area contributed by atoms with Crippen molar-refractivity contribution in [1.29, 1.82) is 0 Å². The van der Waals surface area contributed by atoms with Crippen molar-refractivity contribution in [3.05, 3.63) is 29.6 Å². The van der Waals surface area contributed by atoms with Crippen LogP contribution in [0.5, 0.6) is 0 Å². The van der Waals surface area contributed by atoms with Crippen LogP contribution >= 0.6 is 11.3 Å². The summed E-state index contributed by atoms with van der Waals surface area (Å²) in [5, 5.41) is 6.55. The molecule has 0 aliphatic carbocycles. The summed E-state index contributed by atoms with van der Waals surface area (Å²) in [6.07, 6.45) is 0. The van der Waals surface area contributed by atoms with Crippen LogP contribution < -0.4 is 5.32 Å². The fourth-order valence-electron chi connectivity index (χ4n) is 1.63. The molecule has 0 radical (unpaired) electrons. The number of thiophene rings is 1. The zero-order chi connectivity index (χ0) is 12.3. The molecule has 4 heteroatoms. The number of carbonyl (C=O) groups excluding carboxylic acids is 1. The predicted octanol–water partition coefficient (Wildman–Crippen LogP) is 3.12. The summed E-state index contributed by atoms with van der Waals surface area (Å²) >= 11 is 1.73. The Morgan fingerprint density at radius 3 is 3.06 bits per heavy atom. The molecular weight excluding hydrogens is 234 g/mol. The molecule has 3 nitrogen and oxygen atoms in total. The Labute approximate surface area is 104 Å². The molecule has 0 bridgehead atoms. The van der Waals surface area contributed by atoms with E-state index in [1.54, 1.807) is 11.3 Å². The number of esters is 1. The normalized spacial score (nSPS) is 12.4. The minimum atomic E-state index is -0.186. The van der Waals surface area contributed by atoms with Gasteiger partial charge in [-0.1, -0.05) is 6.92 Å². The molecule has 1 atom stereocenters. The van der Waals surface area contributed by atoms with Crippen LogP contribution in [0.1, 0.15) is 6.92 Å². The number of methoxy groups -OCH3 is 1. The molecule has 90 valence electrons. The van der Waals surface area contributed by atoms with Crippen molar-refractivity contribution in [2.45, 2.75) is 6.92 Å². The first-order valence-corrected chi connectivity index (χ1v) is 6.37. The number of benzene rings is 1. The van der Waals surface area contributed by atoms with Gasteiger partial charge in [-0.2, -0.15) is 0 Å². The van der Waals surface area contributed by atoms with Crippen LogP contribution in [0.2, 0.25) is 0 Å². The Morgan fingerprint density at radius 2 is 2.29 bits per heavy atom. The molecule has 0 aliphatic rings. The van der Waals surface area contributed by atoms with E-state index in [1.165, 1.54) is 17.2 Å². The van der Waals surface area contributed by atoms with Crippen molar-refractivity contribution in [2.75, 3.05) is 19.0 Å². The highest BCUT2D eigenvalue weighted by Gasteiger charge is 2.12. The van der Waals surface area contributed by atoms with Crippen molar-refractivity contribution in [3.8, 4) is 0 Å². The zero-order valence-corrected chi connectivity index (χ0v) is 10.7. The van der Waals surface area contributed by atoms with Crippen molar-refractivity contribution >= 4 is 33.1 Å². The van der Waals surface area contributed by atoms with Gasteiger partial charge in [0.2, 0.25) is 0 Å². The first kappa shape index (κ1) is 11.9. The van der Waals surface area contributed by atoms with Crippen molar-refractivity contribution in [1.82, 2.24) is 0 Å². The molecule has 1 heterocycles. The molecule has 1 N–H and O–H groups in total. The highest BCUT2D eigenvalue weighted by atomic mass is 32.1. The summed E-state index contributed by atoms with van der Waals surface area (Å²) in [6, 6.07) is 8.30. The molecule has 1 aromatic carbocycles. The van der Waals surface area contributed by atoms with Crippen LogP contribution in [-0.2, 0) is 9.53 Å². The van der Waals surface area contributed by atoms with Gasteiger partial charge in [0.1, 0.15) is 0 Å². The van der Waals surface area contributed by atoms with Gasteiger partial charge < -0.3 is 10.1 Å². The SMILES string of the molecule is COC(=O)C(C)CNc1ccc2sccc2c1. The summed E-state index contributed by atoms with van der Waals surface area (Å²) in [6.45, 7) is 2.43. The second-order valence-electron chi connectivity index (χ2n) is 3.98. The minimum Gasteiger partial charge on any atom is -0.469 e. The van der Waals surface area contributed by atoms with E-state index in [2.05, 4.69) is 33.6 Å². The van der Waals surface area contributed by atoms with E-state index in [9.17, 15) is 4.79 Å². The van der Waals surface area contributed by atoms with Gasteiger partial charge in [-0.25, -0.2) is 0 Å². The molecule has 0 aliphatic heterocycles. The molecule has 1 aromatic heterocycles. The highest BCUT2D eigenvalue weighted by molar-refractivity contribution is 7.17. The van der Waals surface area contributed by atoms with Crippen LogP contribution in [0.25, 0.3) is 10.1 Å². The monoisotopic (exact) mass is 249 g/mol. The molecular formula is C13H15NO2S. The summed E-state index contributed by atoms with van der Waals surface area (Å²) < 4.78 is 5.96. The van der Waals surface area contributed by atoms with E-state index in [4.69, 9.17) is 0 Å². The fraction of sp³-hybridized carbons (Fsp3) is 0.308. The Bertz CT molecular complexity index is 521. The Balaban J connectivity index is 2.01. The molecule has 0 amide bonds. The summed E-state index contributed by atoms with van der Waals surface area (Å²) in [5.41, 5.74) is 1.03.